The summed E-state index contributed by atoms with van der Waals surface area (Å²) in [6.45, 7) is 0.837. The molecule has 4 nitrogen and oxygen atoms in total. The van der Waals surface area contributed by atoms with Crippen LogP contribution in [0.15, 0.2) is 42.5 Å². The second-order valence-electron chi connectivity index (χ2n) is 5.20. The van der Waals surface area contributed by atoms with Gasteiger partial charge in [0.15, 0.2) is 0 Å². The van der Waals surface area contributed by atoms with Crippen molar-refractivity contribution in [3.8, 4) is 5.75 Å². The number of carbonyl (C=O) groups excluding carboxylic acids is 1. The summed E-state index contributed by atoms with van der Waals surface area (Å²) in [6.07, 6.45) is 0.106. The zero-order chi connectivity index (χ0) is 15.5. The van der Waals surface area contributed by atoms with Gasteiger partial charge in [-0.3, -0.25) is 4.79 Å². The van der Waals surface area contributed by atoms with Gasteiger partial charge in [-0.25, -0.2) is 0 Å². The van der Waals surface area contributed by atoms with Gasteiger partial charge in [0.25, 0.3) is 5.91 Å². The van der Waals surface area contributed by atoms with Gasteiger partial charge in [0.1, 0.15) is 5.75 Å². The maximum absolute atomic E-state index is 12.0. The fourth-order valence-corrected chi connectivity index (χ4v) is 2.55. The van der Waals surface area contributed by atoms with Crippen LogP contribution in [0.5, 0.6) is 5.75 Å². The molecule has 0 saturated heterocycles. The molecule has 22 heavy (non-hydrogen) atoms. The maximum atomic E-state index is 12.0. The van der Waals surface area contributed by atoms with Crippen molar-refractivity contribution in [2.45, 2.75) is 12.5 Å². The highest BCUT2D eigenvalue weighted by molar-refractivity contribution is 6.30. The highest BCUT2D eigenvalue weighted by Gasteiger charge is 2.16. The number of hydrogen-bond donors (Lipinski definition) is 2. The molecule has 1 heterocycles. The second-order valence-corrected chi connectivity index (χ2v) is 5.63. The molecule has 0 aliphatic carbocycles. The molecule has 0 fully saturated rings. The van der Waals surface area contributed by atoms with Gasteiger partial charge in [0.05, 0.1) is 12.7 Å². The van der Waals surface area contributed by atoms with Crippen molar-refractivity contribution < 1.29 is 14.6 Å². The number of aliphatic hydroxyl groups excluding tert-OH is 1. The Morgan fingerprint density at radius 1 is 1.27 bits per heavy atom. The Labute approximate surface area is 133 Å². The van der Waals surface area contributed by atoms with Crippen molar-refractivity contribution in [1.82, 2.24) is 5.32 Å². The zero-order valence-corrected chi connectivity index (χ0v) is 12.6. The number of rotatable bonds is 4. The summed E-state index contributed by atoms with van der Waals surface area (Å²) < 4.78 is 5.44. The Balaban J connectivity index is 1.61. The van der Waals surface area contributed by atoms with E-state index < -0.39 is 6.10 Å². The molecule has 1 aliphatic heterocycles. The molecule has 2 aromatic rings. The lowest BCUT2D eigenvalue weighted by Crippen LogP contribution is -2.28. The lowest BCUT2D eigenvalue weighted by Gasteiger charge is -2.13. The van der Waals surface area contributed by atoms with Crippen LogP contribution < -0.4 is 10.1 Å². The molecule has 5 heteroatoms. The third-order valence-corrected chi connectivity index (χ3v) is 3.91. The van der Waals surface area contributed by atoms with Gasteiger partial charge in [0.2, 0.25) is 0 Å². The number of carbonyl (C=O) groups is 1. The first-order valence-corrected chi connectivity index (χ1v) is 7.49. The number of benzene rings is 2. The lowest BCUT2D eigenvalue weighted by molar-refractivity contribution is 0.0916. The van der Waals surface area contributed by atoms with Crippen LogP contribution in [0, 0.1) is 0 Å². The largest absolute Gasteiger partial charge is 0.493 e. The Morgan fingerprint density at radius 3 is 2.82 bits per heavy atom. The summed E-state index contributed by atoms with van der Waals surface area (Å²) in [5.74, 6) is 0.640. The van der Waals surface area contributed by atoms with Crippen LogP contribution in [-0.2, 0) is 6.42 Å². The van der Waals surface area contributed by atoms with Crippen LogP contribution in [0.1, 0.15) is 27.6 Å². The number of hydrogen-bond acceptors (Lipinski definition) is 3. The SMILES string of the molecule is O=C(NCC(O)c1ccc2c(c1)CCO2)c1ccc(Cl)cc1. The fourth-order valence-electron chi connectivity index (χ4n) is 2.42. The third kappa shape index (κ3) is 3.24. The van der Waals surface area contributed by atoms with Crippen molar-refractivity contribution in [2.24, 2.45) is 0 Å². The van der Waals surface area contributed by atoms with Crippen LogP contribution in [0.4, 0.5) is 0 Å². The van der Waals surface area contributed by atoms with Crippen LogP contribution >= 0.6 is 11.6 Å². The minimum Gasteiger partial charge on any atom is -0.493 e. The summed E-state index contributed by atoms with van der Waals surface area (Å²) in [6, 6.07) is 12.2. The van der Waals surface area contributed by atoms with E-state index >= 15 is 0 Å². The number of aliphatic hydroxyl groups is 1. The number of halogens is 1. The molecule has 0 aromatic heterocycles. The number of amides is 1. The monoisotopic (exact) mass is 317 g/mol. The minimum atomic E-state index is -0.748. The van der Waals surface area contributed by atoms with Crippen molar-refractivity contribution in [3.63, 3.8) is 0 Å². The van der Waals surface area contributed by atoms with Crippen LogP contribution in [-0.4, -0.2) is 24.2 Å². The van der Waals surface area contributed by atoms with E-state index in [0.717, 1.165) is 23.3 Å². The number of fused-ring (bicyclic) bond motifs is 1. The Morgan fingerprint density at radius 2 is 2.05 bits per heavy atom. The summed E-state index contributed by atoms with van der Waals surface area (Å²) >= 11 is 5.79. The summed E-state index contributed by atoms with van der Waals surface area (Å²) in [5.41, 5.74) is 2.39. The predicted molar refractivity (Wildman–Crippen MR) is 84.4 cm³/mol. The van der Waals surface area contributed by atoms with Gasteiger partial charge in [-0.2, -0.15) is 0 Å². The van der Waals surface area contributed by atoms with E-state index in [9.17, 15) is 9.90 Å². The van der Waals surface area contributed by atoms with Gasteiger partial charge in [-0.1, -0.05) is 17.7 Å². The molecule has 0 radical (unpaired) electrons. The number of nitrogens with one attached hydrogen (secondary N) is 1. The zero-order valence-electron chi connectivity index (χ0n) is 11.9. The first-order valence-electron chi connectivity index (χ1n) is 7.11. The first kappa shape index (κ1) is 14.9. The molecule has 1 amide bonds. The van der Waals surface area contributed by atoms with Crippen LogP contribution in [0.25, 0.3) is 0 Å². The van der Waals surface area contributed by atoms with E-state index in [1.807, 2.05) is 18.2 Å². The van der Waals surface area contributed by atoms with Gasteiger partial charge in [-0.15, -0.1) is 0 Å². The van der Waals surface area contributed by atoms with Gasteiger partial charge in [0, 0.05) is 23.6 Å². The maximum Gasteiger partial charge on any atom is 0.251 e. The molecule has 3 rings (SSSR count). The standard InChI is InChI=1S/C17H16ClNO3/c18-14-4-1-11(2-5-14)17(21)19-10-15(20)12-3-6-16-13(9-12)7-8-22-16/h1-6,9,15,20H,7-8,10H2,(H,19,21). The van der Waals surface area contributed by atoms with E-state index in [-0.39, 0.29) is 12.5 Å². The smallest absolute Gasteiger partial charge is 0.251 e. The van der Waals surface area contributed by atoms with Gasteiger partial charge in [-0.05, 0) is 47.5 Å². The van der Waals surface area contributed by atoms with E-state index in [1.54, 1.807) is 24.3 Å². The molecule has 114 valence electrons. The van der Waals surface area contributed by atoms with Crippen molar-refractivity contribution >= 4 is 17.5 Å². The Kier molecular flexibility index (Phi) is 4.32. The highest BCUT2D eigenvalue weighted by atomic mass is 35.5. The summed E-state index contributed by atoms with van der Waals surface area (Å²) in [7, 11) is 0. The average Bonchev–Trinajstić information content (AvgIpc) is 3.00. The molecule has 1 aliphatic rings. The van der Waals surface area contributed by atoms with Gasteiger partial charge >= 0.3 is 0 Å². The Hall–Kier alpha value is -2.04. The minimum absolute atomic E-state index is 0.154. The molecule has 0 bridgehead atoms. The molecule has 0 spiro atoms. The first-order chi connectivity index (χ1) is 10.6. The molecule has 0 saturated carbocycles. The highest BCUT2D eigenvalue weighted by Crippen LogP contribution is 2.28. The Bertz CT molecular complexity index is 685. The quantitative estimate of drug-likeness (QED) is 0.911. The van der Waals surface area contributed by atoms with E-state index in [4.69, 9.17) is 16.3 Å². The molecular formula is C17H16ClNO3. The van der Waals surface area contributed by atoms with Crippen molar-refractivity contribution in [1.29, 1.82) is 0 Å². The normalized spacial score (nSPS) is 14.1. The molecule has 1 unspecified atom stereocenters. The van der Waals surface area contributed by atoms with E-state index in [0.29, 0.717) is 17.2 Å². The predicted octanol–water partition coefficient (Wildman–Crippen LogP) is 2.74. The van der Waals surface area contributed by atoms with Gasteiger partial charge < -0.3 is 15.2 Å². The topological polar surface area (TPSA) is 58.6 Å². The molecule has 1 atom stereocenters. The average molecular weight is 318 g/mol. The van der Waals surface area contributed by atoms with Crippen molar-refractivity contribution in [2.75, 3.05) is 13.2 Å². The van der Waals surface area contributed by atoms with Crippen molar-refractivity contribution in [3.05, 3.63) is 64.2 Å². The van der Waals surface area contributed by atoms with E-state index in [2.05, 4.69) is 5.32 Å². The molecule has 2 N–H and O–H groups in total. The second kappa shape index (κ2) is 6.38. The third-order valence-electron chi connectivity index (χ3n) is 3.66. The van der Waals surface area contributed by atoms with Crippen LogP contribution in [0.2, 0.25) is 5.02 Å². The summed E-state index contributed by atoms with van der Waals surface area (Å²) in [4.78, 5) is 12.0. The summed E-state index contributed by atoms with van der Waals surface area (Å²) in [5, 5.41) is 13.5. The van der Waals surface area contributed by atoms with E-state index in [1.165, 1.54) is 0 Å². The number of ether oxygens (including phenoxy) is 1. The lowest BCUT2D eigenvalue weighted by atomic mass is 10.0. The molecule has 2 aromatic carbocycles. The van der Waals surface area contributed by atoms with Crippen LogP contribution in [0.3, 0.4) is 0 Å². The molecular weight excluding hydrogens is 302 g/mol. The fraction of sp³-hybridized carbons (Fsp3) is 0.235.